The van der Waals surface area contributed by atoms with Gasteiger partial charge in [-0.2, -0.15) is 5.10 Å². The van der Waals surface area contributed by atoms with Crippen molar-refractivity contribution in [1.82, 2.24) is 24.9 Å². The number of carbonyl (C=O) groups excluding carboxylic acids is 1. The van der Waals surface area contributed by atoms with E-state index >= 15 is 0 Å². The number of carbonyl (C=O) groups is 1. The molecule has 0 atom stereocenters. The summed E-state index contributed by atoms with van der Waals surface area (Å²) in [5.41, 5.74) is 3.99. The van der Waals surface area contributed by atoms with Gasteiger partial charge in [-0.3, -0.25) is 0 Å². The molecule has 0 aliphatic carbocycles. The highest BCUT2D eigenvalue weighted by Gasteiger charge is 2.10. The van der Waals surface area contributed by atoms with Crippen molar-refractivity contribution in [3.05, 3.63) is 47.5 Å². The maximum Gasteiger partial charge on any atom is 0.319 e. The highest BCUT2D eigenvalue weighted by atomic mass is 16.5. The predicted octanol–water partition coefficient (Wildman–Crippen LogP) is 2.07. The molecule has 0 unspecified atom stereocenters. The van der Waals surface area contributed by atoms with Crippen molar-refractivity contribution >= 4 is 17.4 Å². The fourth-order valence-corrected chi connectivity index (χ4v) is 2.36. The molecule has 3 heterocycles. The molecule has 0 aliphatic heterocycles. The Hall–Kier alpha value is -3.16. The number of hydrogen-bond acceptors (Lipinski definition) is 5. The Bertz CT molecular complexity index is 889. The number of nitrogens with zero attached hydrogens (tertiary/aromatic N) is 4. The topological polar surface area (TPSA) is 93.4 Å². The van der Waals surface area contributed by atoms with E-state index in [4.69, 9.17) is 4.74 Å². The Labute approximate surface area is 138 Å². The molecule has 2 N–H and O–H groups in total. The minimum atomic E-state index is -0.342. The summed E-state index contributed by atoms with van der Waals surface area (Å²) < 4.78 is 6.85. The molecule has 0 aliphatic rings. The van der Waals surface area contributed by atoms with Gasteiger partial charge in [0.1, 0.15) is 0 Å². The second-order valence-corrected chi connectivity index (χ2v) is 5.35. The van der Waals surface area contributed by atoms with Gasteiger partial charge in [-0.1, -0.05) is 0 Å². The van der Waals surface area contributed by atoms with Crippen LogP contribution in [0.4, 0.5) is 10.5 Å². The lowest BCUT2D eigenvalue weighted by Gasteiger charge is -2.12. The monoisotopic (exact) mass is 326 g/mol. The molecule has 8 heteroatoms. The number of amides is 2. The number of hydrogen-bond donors (Lipinski definition) is 2. The van der Waals surface area contributed by atoms with Crippen molar-refractivity contribution in [1.29, 1.82) is 0 Å². The van der Waals surface area contributed by atoms with E-state index in [9.17, 15) is 4.79 Å². The third-order valence-corrected chi connectivity index (χ3v) is 3.56. The maximum absolute atomic E-state index is 12.1. The average Bonchev–Trinajstić information content (AvgIpc) is 2.92. The number of aromatic nitrogens is 4. The molecule has 2 amide bonds. The lowest BCUT2D eigenvalue weighted by molar-refractivity contribution is 0.251. The van der Waals surface area contributed by atoms with E-state index in [0.717, 1.165) is 22.5 Å². The number of rotatable bonds is 4. The summed E-state index contributed by atoms with van der Waals surface area (Å²) in [7, 11) is 1.55. The molecule has 0 spiro atoms. The van der Waals surface area contributed by atoms with E-state index in [2.05, 4.69) is 25.7 Å². The third kappa shape index (κ3) is 3.27. The number of urea groups is 1. The Morgan fingerprint density at radius 1 is 1.33 bits per heavy atom. The number of anilines is 1. The van der Waals surface area contributed by atoms with E-state index in [1.165, 1.54) is 0 Å². The Morgan fingerprint density at radius 2 is 2.17 bits per heavy atom. The van der Waals surface area contributed by atoms with Gasteiger partial charge in [0.25, 0.3) is 0 Å². The van der Waals surface area contributed by atoms with Crippen LogP contribution in [-0.4, -0.2) is 32.7 Å². The molecular formula is C16H18N6O2. The lowest BCUT2D eigenvalue weighted by atomic mass is 10.1. The summed E-state index contributed by atoms with van der Waals surface area (Å²) >= 11 is 0. The van der Waals surface area contributed by atoms with Gasteiger partial charge in [-0.05, 0) is 25.5 Å². The van der Waals surface area contributed by atoms with Crippen LogP contribution in [0.25, 0.3) is 5.65 Å². The number of nitrogens with one attached hydrogen (secondary N) is 2. The molecule has 3 rings (SSSR count). The first-order chi connectivity index (χ1) is 11.6. The summed E-state index contributed by atoms with van der Waals surface area (Å²) in [6.07, 6.45) is 4.97. The summed E-state index contributed by atoms with van der Waals surface area (Å²) in [5, 5.41) is 9.79. The van der Waals surface area contributed by atoms with Crippen molar-refractivity contribution in [2.75, 3.05) is 12.4 Å². The predicted molar refractivity (Wildman–Crippen MR) is 89.1 cm³/mol. The fourth-order valence-electron chi connectivity index (χ4n) is 2.36. The standard InChI is InChI=1S/C16H18N6O2/c1-10-4-5-17-15(24-3)13(10)8-19-16(23)20-12-7-18-14-6-11(2)21-22(14)9-12/h4-7,9H,8H2,1-3H3,(H2,19,20,23). The quantitative estimate of drug-likeness (QED) is 0.765. The third-order valence-electron chi connectivity index (χ3n) is 3.56. The first-order valence-corrected chi connectivity index (χ1v) is 7.42. The van der Waals surface area contributed by atoms with Gasteiger partial charge < -0.3 is 15.4 Å². The largest absolute Gasteiger partial charge is 0.481 e. The molecule has 0 saturated carbocycles. The summed E-state index contributed by atoms with van der Waals surface area (Å²) in [5.74, 6) is 0.505. The Kier molecular flexibility index (Phi) is 4.28. The highest BCUT2D eigenvalue weighted by molar-refractivity contribution is 5.88. The van der Waals surface area contributed by atoms with Gasteiger partial charge >= 0.3 is 6.03 Å². The Morgan fingerprint density at radius 3 is 2.96 bits per heavy atom. The van der Waals surface area contributed by atoms with Crippen molar-refractivity contribution < 1.29 is 9.53 Å². The minimum Gasteiger partial charge on any atom is -0.481 e. The van der Waals surface area contributed by atoms with Crippen LogP contribution in [0.2, 0.25) is 0 Å². The lowest BCUT2D eigenvalue weighted by Crippen LogP contribution is -2.29. The van der Waals surface area contributed by atoms with Crippen molar-refractivity contribution in [3.8, 4) is 5.88 Å². The van der Waals surface area contributed by atoms with Crippen LogP contribution in [0.5, 0.6) is 5.88 Å². The van der Waals surface area contributed by atoms with Crippen molar-refractivity contribution in [2.45, 2.75) is 20.4 Å². The zero-order chi connectivity index (χ0) is 17.1. The van der Waals surface area contributed by atoms with Crippen LogP contribution in [0.1, 0.15) is 16.8 Å². The van der Waals surface area contributed by atoms with Gasteiger partial charge in [0, 0.05) is 17.8 Å². The zero-order valence-electron chi connectivity index (χ0n) is 13.7. The van der Waals surface area contributed by atoms with Crippen molar-refractivity contribution in [3.63, 3.8) is 0 Å². The van der Waals surface area contributed by atoms with Gasteiger partial charge in [-0.15, -0.1) is 0 Å². The van der Waals surface area contributed by atoms with E-state index < -0.39 is 0 Å². The van der Waals surface area contributed by atoms with Crippen molar-refractivity contribution in [2.24, 2.45) is 0 Å². The first-order valence-electron chi connectivity index (χ1n) is 7.42. The van der Waals surface area contributed by atoms with E-state index in [0.29, 0.717) is 18.1 Å². The summed E-state index contributed by atoms with van der Waals surface area (Å²) in [4.78, 5) is 20.5. The van der Waals surface area contributed by atoms with E-state index in [1.807, 2.05) is 26.0 Å². The van der Waals surface area contributed by atoms with E-state index in [1.54, 1.807) is 30.2 Å². The second-order valence-electron chi connectivity index (χ2n) is 5.35. The zero-order valence-corrected chi connectivity index (χ0v) is 13.7. The van der Waals surface area contributed by atoms with Crippen LogP contribution in [-0.2, 0) is 6.54 Å². The average molecular weight is 326 g/mol. The number of pyridine rings is 1. The molecule has 0 radical (unpaired) electrons. The summed E-state index contributed by atoms with van der Waals surface area (Å²) in [6, 6.07) is 3.39. The van der Waals surface area contributed by atoms with Gasteiger partial charge in [-0.25, -0.2) is 19.3 Å². The number of fused-ring (bicyclic) bond motifs is 1. The summed E-state index contributed by atoms with van der Waals surface area (Å²) in [6.45, 7) is 4.14. The molecule has 0 saturated heterocycles. The van der Waals surface area contributed by atoms with Crippen LogP contribution in [0.15, 0.2) is 30.7 Å². The maximum atomic E-state index is 12.1. The van der Waals surface area contributed by atoms with Crippen LogP contribution in [0.3, 0.4) is 0 Å². The molecule has 8 nitrogen and oxygen atoms in total. The molecule has 0 fully saturated rings. The number of ether oxygens (including phenoxy) is 1. The number of aryl methyl sites for hydroxylation is 2. The van der Waals surface area contributed by atoms with Crippen LogP contribution >= 0.6 is 0 Å². The first kappa shape index (κ1) is 15.7. The molecular weight excluding hydrogens is 308 g/mol. The van der Waals surface area contributed by atoms with Gasteiger partial charge in [0.15, 0.2) is 5.65 Å². The van der Waals surface area contributed by atoms with E-state index in [-0.39, 0.29) is 6.03 Å². The molecule has 3 aromatic rings. The fraction of sp³-hybridized carbons (Fsp3) is 0.250. The SMILES string of the molecule is COc1nccc(C)c1CNC(=O)Nc1cnc2cc(C)nn2c1. The van der Waals surface area contributed by atoms with Crippen LogP contribution < -0.4 is 15.4 Å². The molecule has 0 bridgehead atoms. The molecule has 24 heavy (non-hydrogen) atoms. The Balaban J connectivity index is 1.67. The van der Waals surface area contributed by atoms with Gasteiger partial charge in [0.2, 0.25) is 5.88 Å². The molecule has 0 aromatic carbocycles. The smallest absolute Gasteiger partial charge is 0.319 e. The molecule has 3 aromatic heterocycles. The highest BCUT2D eigenvalue weighted by Crippen LogP contribution is 2.18. The van der Waals surface area contributed by atoms with Gasteiger partial charge in [0.05, 0.1) is 37.4 Å². The normalized spacial score (nSPS) is 10.6. The second kappa shape index (κ2) is 6.53. The van der Waals surface area contributed by atoms with Crippen LogP contribution in [0, 0.1) is 13.8 Å². The molecule has 124 valence electrons. The number of methoxy groups -OCH3 is 1. The minimum absolute atomic E-state index is 0.311.